The zero-order valence-corrected chi connectivity index (χ0v) is 35.3. The summed E-state index contributed by atoms with van der Waals surface area (Å²) in [4.78, 5) is 76.5. The maximum atomic E-state index is 15.6. The van der Waals surface area contributed by atoms with Crippen LogP contribution in [0, 0.1) is 33.9 Å². The molecule has 5 amide bonds. The molecule has 6 fully saturated rings. The van der Waals surface area contributed by atoms with Crippen LogP contribution in [0.3, 0.4) is 0 Å². The topological polar surface area (TPSA) is 168 Å². The number of carbonyl (C=O) groups is 5. The lowest BCUT2D eigenvalue weighted by atomic mass is 9.49. The minimum Gasteiger partial charge on any atom is -0.489 e. The van der Waals surface area contributed by atoms with Gasteiger partial charge in [0.1, 0.15) is 35.6 Å². The van der Waals surface area contributed by atoms with Crippen LogP contribution in [-0.2, 0) is 9.59 Å². The number of rotatable bonds is 9. The van der Waals surface area contributed by atoms with Crippen molar-refractivity contribution in [3.8, 4) is 11.8 Å². The Balaban J connectivity index is 0.756. The van der Waals surface area contributed by atoms with Gasteiger partial charge in [-0.1, -0.05) is 39.3 Å². The number of nitrogens with one attached hydrogen (secondary N) is 2. The molecule has 16 heteroatoms. The highest BCUT2D eigenvalue weighted by Crippen LogP contribution is 2.55. The van der Waals surface area contributed by atoms with Crippen LogP contribution in [0.4, 0.5) is 15.9 Å². The summed E-state index contributed by atoms with van der Waals surface area (Å²) in [6, 6.07) is 12.6. The molecule has 3 unspecified atom stereocenters. The number of pyridine rings is 1. The minimum absolute atomic E-state index is 0.0151. The van der Waals surface area contributed by atoms with E-state index in [1.807, 2.05) is 17.0 Å². The summed E-state index contributed by atoms with van der Waals surface area (Å²) in [6.45, 7) is 12.1. The second kappa shape index (κ2) is 15.1. The number of imide groups is 2. The summed E-state index contributed by atoms with van der Waals surface area (Å²) in [5.74, 6) is -1.38. The largest absolute Gasteiger partial charge is 0.489 e. The molecular formula is C45H48ClFN8O6. The first-order valence-corrected chi connectivity index (χ1v) is 21.4. The van der Waals surface area contributed by atoms with Crippen LogP contribution in [0.15, 0.2) is 48.7 Å². The number of benzene rings is 2. The number of hydrogen-bond donors (Lipinski definition) is 2. The molecule has 14 nitrogen and oxygen atoms in total. The minimum atomic E-state index is -1.10. The first kappa shape index (κ1) is 40.8. The molecule has 3 aromatic rings. The van der Waals surface area contributed by atoms with Crippen molar-refractivity contribution in [1.29, 1.82) is 5.26 Å². The number of anilines is 2. The van der Waals surface area contributed by atoms with E-state index in [0.29, 0.717) is 40.9 Å². The number of fused-ring (bicyclic) bond motifs is 3. The summed E-state index contributed by atoms with van der Waals surface area (Å²) in [7, 11) is 0. The standard InChI is InChI=1S/C45H48ClFN8O6/c1-44(2)42(45(3,4)43(44)61-29-7-5-25(19-48)32(46)16-29)51-38(57)26-6-9-36(49-20-26)52-13-11-24(12-14-52)21-54-27-15-28(54)23-53(22-27)35-18-31-30(17-33(35)47)40(59)55(41(31)60)34-8-10-37(56)50-39(34)58/h5-7,9,16-18,20,24,27-28,34,42-43H,8,10-15,21-23H2,1-4H3,(H,51,57)(H,50,56,58). The van der Waals surface area contributed by atoms with E-state index < -0.39 is 35.5 Å². The molecule has 0 spiro atoms. The van der Waals surface area contributed by atoms with Crippen molar-refractivity contribution in [2.45, 2.75) is 90.1 Å². The van der Waals surface area contributed by atoms with Gasteiger partial charge in [0.25, 0.3) is 17.7 Å². The molecule has 5 saturated heterocycles. The Kier molecular flexibility index (Phi) is 10.1. The van der Waals surface area contributed by atoms with Crippen molar-refractivity contribution in [3.63, 3.8) is 0 Å². The number of hydrogen-bond acceptors (Lipinski definition) is 11. The smallest absolute Gasteiger partial charge is 0.262 e. The second-order valence-electron chi connectivity index (χ2n) is 18.6. The number of halogens is 2. The molecule has 1 aliphatic carbocycles. The lowest BCUT2D eigenvalue weighted by Gasteiger charge is -2.63. The third kappa shape index (κ3) is 6.97. The Bertz CT molecular complexity index is 2370. The highest BCUT2D eigenvalue weighted by Gasteiger charge is 2.64. The van der Waals surface area contributed by atoms with Crippen molar-refractivity contribution in [2.24, 2.45) is 16.7 Å². The summed E-state index contributed by atoms with van der Waals surface area (Å²) in [6.07, 6.45) is 4.49. The van der Waals surface area contributed by atoms with E-state index in [-0.39, 0.29) is 70.6 Å². The van der Waals surface area contributed by atoms with E-state index in [1.165, 1.54) is 6.07 Å². The number of nitrogens with zero attached hydrogens (tertiary/aromatic N) is 6. The average molecular weight is 851 g/mol. The lowest BCUT2D eigenvalue weighted by molar-refractivity contribution is -0.164. The molecule has 7 heterocycles. The van der Waals surface area contributed by atoms with Crippen molar-refractivity contribution in [2.75, 3.05) is 42.5 Å². The fraction of sp³-hybridized carbons (Fsp3) is 0.489. The summed E-state index contributed by atoms with van der Waals surface area (Å²) < 4.78 is 22.0. The SMILES string of the molecule is CC1(C)C(NC(=O)c2ccc(N3CCC(CN4C5CC4CN(c4cc6c(cc4F)C(=O)N(C4CCC(=O)NC4=O)C6=O)C5)CC3)nc2)C(C)(C)C1Oc1ccc(C#N)c(Cl)c1. The van der Waals surface area contributed by atoms with E-state index in [1.54, 1.807) is 24.4 Å². The lowest BCUT2D eigenvalue weighted by Crippen LogP contribution is -2.74. The zero-order valence-electron chi connectivity index (χ0n) is 34.5. The molecule has 2 N–H and O–H groups in total. The Morgan fingerprint density at radius 2 is 1.66 bits per heavy atom. The number of carbonyl (C=O) groups excluding carboxylic acids is 5. The molecule has 61 heavy (non-hydrogen) atoms. The van der Waals surface area contributed by atoms with Crippen molar-refractivity contribution in [3.05, 3.63) is 81.8 Å². The number of piperazine rings is 1. The molecule has 2 bridgehead atoms. The van der Waals surface area contributed by atoms with Gasteiger partial charge in [-0.2, -0.15) is 5.26 Å². The van der Waals surface area contributed by atoms with E-state index in [2.05, 4.69) is 54.2 Å². The van der Waals surface area contributed by atoms with Crippen molar-refractivity contribution < 1.29 is 33.1 Å². The van der Waals surface area contributed by atoms with Crippen molar-refractivity contribution >= 4 is 52.6 Å². The summed E-state index contributed by atoms with van der Waals surface area (Å²) in [5, 5.41) is 15.0. The van der Waals surface area contributed by atoms with E-state index >= 15 is 4.39 Å². The van der Waals surface area contributed by atoms with Crippen LogP contribution >= 0.6 is 11.6 Å². The molecule has 1 aromatic heterocycles. The van der Waals surface area contributed by atoms with Gasteiger partial charge in [-0.3, -0.25) is 39.1 Å². The average Bonchev–Trinajstić information content (AvgIpc) is 3.47. The monoisotopic (exact) mass is 850 g/mol. The number of amides is 5. The third-order valence-corrected chi connectivity index (χ3v) is 14.4. The van der Waals surface area contributed by atoms with E-state index in [9.17, 15) is 29.2 Å². The highest BCUT2D eigenvalue weighted by molar-refractivity contribution is 6.31. The Labute approximate surface area is 358 Å². The summed E-state index contributed by atoms with van der Waals surface area (Å²) in [5.41, 5.74) is 0.398. The Hall–Kier alpha value is -5.59. The number of nitriles is 1. The summed E-state index contributed by atoms with van der Waals surface area (Å²) >= 11 is 6.25. The van der Waals surface area contributed by atoms with Gasteiger partial charge in [-0.25, -0.2) is 9.37 Å². The van der Waals surface area contributed by atoms with Crippen LogP contribution in [0.1, 0.15) is 96.4 Å². The number of aromatic nitrogens is 1. The van der Waals surface area contributed by atoms with Crippen LogP contribution < -0.4 is 25.2 Å². The number of ether oxygens (including phenoxy) is 1. The van der Waals surface area contributed by atoms with Crippen LogP contribution in [-0.4, -0.2) is 107 Å². The molecule has 10 rings (SSSR count). The van der Waals surface area contributed by atoms with Gasteiger partial charge in [0.05, 0.1) is 33.0 Å². The zero-order chi connectivity index (χ0) is 43.1. The molecule has 6 aliphatic heterocycles. The van der Waals surface area contributed by atoms with Gasteiger partial charge in [0, 0.05) is 80.4 Å². The molecule has 3 atom stereocenters. The fourth-order valence-corrected chi connectivity index (χ4v) is 11.3. The van der Waals surface area contributed by atoms with Crippen LogP contribution in [0.25, 0.3) is 0 Å². The molecule has 0 radical (unpaired) electrons. The third-order valence-electron chi connectivity index (χ3n) is 14.0. The van der Waals surface area contributed by atoms with E-state index in [4.69, 9.17) is 21.3 Å². The van der Waals surface area contributed by atoms with Crippen molar-refractivity contribution in [1.82, 2.24) is 25.4 Å². The maximum Gasteiger partial charge on any atom is 0.262 e. The fourth-order valence-electron chi connectivity index (χ4n) is 11.1. The van der Waals surface area contributed by atoms with E-state index in [0.717, 1.165) is 55.7 Å². The van der Waals surface area contributed by atoms with Gasteiger partial charge in [0.15, 0.2) is 0 Å². The molecule has 318 valence electrons. The van der Waals surface area contributed by atoms with Crippen LogP contribution in [0.2, 0.25) is 5.02 Å². The van der Waals surface area contributed by atoms with Gasteiger partial charge >= 0.3 is 0 Å². The molecule has 1 saturated carbocycles. The predicted octanol–water partition coefficient (Wildman–Crippen LogP) is 4.94. The van der Waals surface area contributed by atoms with Gasteiger partial charge in [-0.15, -0.1) is 0 Å². The highest BCUT2D eigenvalue weighted by atomic mass is 35.5. The molecule has 2 aromatic carbocycles. The van der Waals surface area contributed by atoms with Gasteiger partial charge in [0.2, 0.25) is 11.8 Å². The maximum absolute atomic E-state index is 15.6. The Morgan fingerprint density at radius 1 is 0.967 bits per heavy atom. The quantitative estimate of drug-likeness (QED) is 0.280. The predicted molar refractivity (Wildman–Crippen MR) is 223 cm³/mol. The first-order chi connectivity index (χ1) is 29.0. The second-order valence-corrected chi connectivity index (χ2v) is 19.0. The van der Waals surface area contributed by atoms with Gasteiger partial charge in [-0.05, 0) is 68.0 Å². The molecule has 7 aliphatic rings. The normalized spacial score (nSPS) is 26.8. The van der Waals surface area contributed by atoms with Crippen LogP contribution in [0.5, 0.6) is 5.75 Å². The first-order valence-electron chi connectivity index (χ1n) is 21.0. The Morgan fingerprint density at radius 3 is 2.28 bits per heavy atom. The van der Waals surface area contributed by atoms with Gasteiger partial charge < -0.3 is 19.9 Å². The molecular weight excluding hydrogens is 803 g/mol. The number of piperidine rings is 3.